The van der Waals surface area contributed by atoms with Crippen molar-refractivity contribution in [3.63, 3.8) is 0 Å². The van der Waals surface area contributed by atoms with Gasteiger partial charge in [0.15, 0.2) is 5.76 Å². The number of aryl methyl sites for hydroxylation is 1. The van der Waals surface area contributed by atoms with Crippen LogP contribution in [0.4, 0.5) is 4.39 Å². The maximum absolute atomic E-state index is 13.8. The summed E-state index contributed by atoms with van der Waals surface area (Å²) >= 11 is 5.77. The number of benzene rings is 1. The third-order valence-electron chi connectivity index (χ3n) is 5.85. The highest BCUT2D eigenvalue weighted by Gasteiger charge is 2.26. The minimum atomic E-state index is -0.486. The first-order chi connectivity index (χ1) is 17.4. The molecule has 0 spiro atoms. The highest BCUT2D eigenvalue weighted by molar-refractivity contribution is 6.30. The minimum absolute atomic E-state index is 0.0313. The summed E-state index contributed by atoms with van der Waals surface area (Å²) in [6.07, 6.45) is 7.18. The average Bonchev–Trinajstić information content (AvgIpc) is 3.18. The van der Waals surface area contributed by atoms with E-state index in [-0.39, 0.29) is 22.1 Å². The third-order valence-corrected chi connectivity index (χ3v) is 6.15. The molecule has 0 fully saturated rings. The van der Waals surface area contributed by atoms with Gasteiger partial charge in [0.1, 0.15) is 11.6 Å². The van der Waals surface area contributed by atoms with Crippen LogP contribution in [0.2, 0.25) is 5.02 Å². The van der Waals surface area contributed by atoms with Crippen molar-refractivity contribution in [1.82, 2.24) is 0 Å². The number of rotatable bonds is 7. The zero-order valence-corrected chi connectivity index (χ0v) is 26.8. The van der Waals surface area contributed by atoms with Crippen molar-refractivity contribution < 1.29 is 13.6 Å². The number of carbonyl (C=O) groups is 1. The van der Waals surface area contributed by atoms with Gasteiger partial charge in [0, 0.05) is 11.5 Å². The summed E-state index contributed by atoms with van der Waals surface area (Å²) in [5.41, 5.74) is 3.34. The van der Waals surface area contributed by atoms with E-state index in [1.165, 1.54) is 37.8 Å². The Morgan fingerprint density at radius 1 is 1.03 bits per heavy atom. The zero-order valence-electron chi connectivity index (χ0n) is 26.1. The van der Waals surface area contributed by atoms with Crippen LogP contribution in [0.5, 0.6) is 0 Å². The first-order valence-corrected chi connectivity index (χ1v) is 14.3. The number of unbranched alkanes of at least 4 members (excludes halogenated alkanes) is 1. The molecule has 0 aliphatic heterocycles. The van der Waals surface area contributed by atoms with Crippen LogP contribution in [0.15, 0.2) is 41.3 Å². The van der Waals surface area contributed by atoms with Gasteiger partial charge in [-0.1, -0.05) is 120 Å². The molecule has 0 atom stereocenters. The van der Waals surface area contributed by atoms with E-state index < -0.39 is 5.82 Å². The SMILES string of the molecule is C=C(/C=C(\c1oc(C(=O)C(C)C)cc1C)C(C)(C)C)c1ccc(Cl)c(F)c1.CCCC.CCCC(C)(C)C. The zero-order chi connectivity index (χ0) is 29.8. The number of carbonyl (C=O) groups excluding carboxylic acids is 1. The maximum Gasteiger partial charge on any atom is 0.200 e. The number of allylic oxidation sites excluding steroid dienone is 3. The monoisotopic (exact) mass is 546 g/mol. The molecular weight excluding hydrogens is 495 g/mol. The molecule has 0 aliphatic carbocycles. The van der Waals surface area contributed by atoms with Crippen LogP contribution in [0.1, 0.15) is 129 Å². The summed E-state index contributed by atoms with van der Waals surface area (Å²) in [4.78, 5) is 12.3. The second-order valence-corrected chi connectivity index (χ2v) is 12.8. The van der Waals surface area contributed by atoms with Crippen LogP contribution >= 0.6 is 11.6 Å². The fourth-order valence-electron chi connectivity index (χ4n) is 3.48. The number of hydrogen-bond acceptors (Lipinski definition) is 2. The molecule has 214 valence electrons. The van der Waals surface area contributed by atoms with E-state index in [2.05, 4.69) is 68.9 Å². The topological polar surface area (TPSA) is 30.2 Å². The maximum atomic E-state index is 13.8. The van der Waals surface area contributed by atoms with Crippen molar-refractivity contribution in [3.05, 3.63) is 70.4 Å². The summed E-state index contributed by atoms with van der Waals surface area (Å²) in [5, 5.41) is 0.0743. The first kappa shape index (κ1) is 35.9. The molecule has 0 unspecified atom stereocenters. The highest BCUT2D eigenvalue weighted by atomic mass is 35.5. The van der Waals surface area contributed by atoms with E-state index >= 15 is 0 Å². The Balaban J connectivity index is 0.00000105. The molecule has 0 amide bonds. The van der Waals surface area contributed by atoms with Gasteiger partial charge in [-0.2, -0.15) is 0 Å². The Kier molecular flexibility index (Phi) is 15.2. The summed E-state index contributed by atoms with van der Waals surface area (Å²) in [5.74, 6) is 0.353. The lowest BCUT2D eigenvalue weighted by Crippen LogP contribution is -2.09. The molecule has 2 nitrogen and oxygen atoms in total. The van der Waals surface area contributed by atoms with Crippen molar-refractivity contribution in [1.29, 1.82) is 0 Å². The number of furan rings is 1. The van der Waals surface area contributed by atoms with Crippen molar-refractivity contribution in [2.75, 3.05) is 0 Å². The van der Waals surface area contributed by atoms with Crippen molar-refractivity contribution in [2.24, 2.45) is 16.7 Å². The van der Waals surface area contributed by atoms with Crippen molar-refractivity contribution in [2.45, 2.75) is 109 Å². The lowest BCUT2D eigenvalue weighted by Gasteiger charge is -2.23. The fraction of sp³-hybridized carbons (Fsp3) is 0.559. The van der Waals surface area contributed by atoms with E-state index in [4.69, 9.17) is 16.0 Å². The van der Waals surface area contributed by atoms with Gasteiger partial charge in [-0.05, 0) is 65.1 Å². The first-order valence-electron chi connectivity index (χ1n) is 13.9. The minimum Gasteiger partial charge on any atom is -0.453 e. The second kappa shape index (κ2) is 16.1. The van der Waals surface area contributed by atoms with Crippen LogP contribution in [-0.2, 0) is 0 Å². The van der Waals surface area contributed by atoms with Crippen LogP contribution in [0.3, 0.4) is 0 Å². The average molecular weight is 547 g/mol. The lowest BCUT2D eigenvalue weighted by molar-refractivity contribution is 0.0910. The number of hydrogen-bond donors (Lipinski definition) is 0. The lowest BCUT2D eigenvalue weighted by atomic mass is 9.82. The number of ketones is 1. The Hall–Kier alpha value is -2.13. The predicted octanol–water partition coefficient (Wildman–Crippen LogP) is 12.0. The van der Waals surface area contributed by atoms with E-state index in [0.717, 1.165) is 11.1 Å². The van der Waals surface area contributed by atoms with Gasteiger partial charge < -0.3 is 4.42 Å². The van der Waals surface area contributed by atoms with Gasteiger partial charge in [-0.15, -0.1) is 0 Å². The van der Waals surface area contributed by atoms with Crippen LogP contribution in [0.25, 0.3) is 11.1 Å². The molecule has 4 heteroatoms. The van der Waals surface area contributed by atoms with Crippen molar-refractivity contribution >= 4 is 28.5 Å². The quantitative estimate of drug-likeness (QED) is 0.255. The second-order valence-electron chi connectivity index (χ2n) is 12.4. The Morgan fingerprint density at radius 3 is 1.95 bits per heavy atom. The molecule has 0 radical (unpaired) electrons. The molecule has 38 heavy (non-hydrogen) atoms. The van der Waals surface area contributed by atoms with Gasteiger partial charge >= 0.3 is 0 Å². The normalized spacial score (nSPS) is 11.9. The molecular formula is C34H52ClFO2. The van der Waals surface area contributed by atoms with Crippen LogP contribution < -0.4 is 0 Å². The largest absolute Gasteiger partial charge is 0.453 e. The van der Waals surface area contributed by atoms with Gasteiger partial charge in [0.25, 0.3) is 0 Å². The standard InChI is InChI=1S/C23H26ClFO2.C7H16.C4H10/c1-13(2)21(26)20-11-15(4)22(27-20)17(23(5,6)7)10-14(3)16-8-9-18(24)19(25)12-16;1-5-6-7(2,3)4;1-3-4-2/h8-13H,3H2,1-2,4-7H3;5-6H2,1-4H3;3-4H2,1-2H3/b17-10+;;. The van der Waals surface area contributed by atoms with E-state index in [0.29, 0.717) is 28.1 Å². The third kappa shape index (κ3) is 12.6. The van der Waals surface area contributed by atoms with Crippen LogP contribution in [-0.4, -0.2) is 5.78 Å². The molecule has 0 saturated carbocycles. The molecule has 0 N–H and O–H groups in total. The van der Waals surface area contributed by atoms with Gasteiger partial charge in [0.05, 0.1) is 5.02 Å². The molecule has 1 aromatic carbocycles. The van der Waals surface area contributed by atoms with Gasteiger partial charge in [-0.3, -0.25) is 4.79 Å². The van der Waals surface area contributed by atoms with Crippen molar-refractivity contribution in [3.8, 4) is 0 Å². The molecule has 0 aliphatic rings. The van der Waals surface area contributed by atoms with Crippen LogP contribution in [0, 0.1) is 29.5 Å². The molecule has 2 rings (SSSR count). The Labute approximate surface area is 237 Å². The molecule has 2 aromatic rings. The fourth-order valence-corrected chi connectivity index (χ4v) is 3.60. The van der Waals surface area contributed by atoms with E-state index in [9.17, 15) is 9.18 Å². The van der Waals surface area contributed by atoms with Gasteiger partial charge in [0.2, 0.25) is 5.78 Å². The smallest absolute Gasteiger partial charge is 0.200 e. The predicted molar refractivity (Wildman–Crippen MR) is 165 cm³/mol. The summed E-state index contributed by atoms with van der Waals surface area (Å²) < 4.78 is 19.8. The molecule has 0 saturated heterocycles. The van der Waals surface area contributed by atoms with Gasteiger partial charge in [-0.25, -0.2) is 4.39 Å². The summed E-state index contributed by atoms with van der Waals surface area (Å²) in [6.45, 7) is 29.3. The summed E-state index contributed by atoms with van der Waals surface area (Å²) in [6, 6.07) is 6.39. The van der Waals surface area contributed by atoms with E-state index in [1.54, 1.807) is 12.1 Å². The Morgan fingerprint density at radius 2 is 1.58 bits per heavy atom. The summed E-state index contributed by atoms with van der Waals surface area (Å²) in [7, 11) is 0. The molecule has 1 heterocycles. The highest BCUT2D eigenvalue weighted by Crippen LogP contribution is 2.39. The van der Waals surface area contributed by atoms with E-state index in [1.807, 2.05) is 26.8 Å². The molecule has 0 bridgehead atoms. The Bertz CT molecular complexity index is 1060. The number of halogens is 2. The number of Topliss-reactive ketones (excluding diaryl/α,β-unsaturated/α-hetero) is 1. The molecule has 1 aromatic heterocycles.